The third-order valence-corrected chi connectivity index (χ3v) is 6.50. The number of methoxy groups -OCH3 is 2. The molecule has 0 bridgehead atoms. The van der Waals surface area contributed by atoms with Gasteiger partial charge in [0.05, 0.1) is 42.0 Å². The number of rotatable bonds is 10. The fourth-order valence-corrected chi connectivity index (χ4v) is 4.14. The van der Waals surface area contributed by atoms with Crippen molar-refractivity contribution in [2.45, 2.75) is 25.0 Å². The van der Waals surface area contributed by atoms with Gasteiger partial charge in [-0.15, -0.1) is 13.1 Å². The van der Waals surface area contributed by atoms with Crippen LogP contribution < -0.4 is 14.8 Å². The van der Waals surface area contributed by atoms with Gasteiger partial charge in [0, 0.05) is 56.7 Å². The van der Waals surface area contributed by atoms with E-state index in [0.29, 0.717) is 39.9 Å². The molecule has 1 aliphatic rings. The maximum absolute atomic E-state index is 13.1. The first-order valence-electron chi connectivity index (χ1n) is 10.9. The average Bonchev–Trinajstić information content (AvgIpc) is 2.84. The fraction of sp³-hybridized carbons (Fsp3) is 0.458. The molecule has 2 N–H and O–H groups in total. The average molecular weight is 722 g/mol. The molecule has 3 rings (SSSR count). The molecule has 0 saturated carbocycles. The minimum atomic E-state index is -0.758. The molecule has 1 radical (unpaired) electrons. The van der Waals surface area contributed by atoms with Gasteiger partial charge in [-0.3, -0.25) is 4.79 Å². The summed E-state index contributed by atoms with van der Waals surface area (Å²) in [6.45, 7) is 4.14. The largest absolute Gasteiger partial charge is 0.660 e. The summed E-state index contributed by atoms with van der Waals surface area (Å²) in [7, 11) is 3.05. The molecule has 0 spiro atoms. The topological polar surface area (TPSA) is 85.1 Å². The third-order valence-electron chi connectivity index (χ3n) is 5.76. The van der Waals surface area contributed by atoms with Gasteiger partial charge in [0.15, 0.2) is 0 Å². The zero-order valence-corrected chi connectivity index (χ0v) is 25.7. The van der Waals surface area contributed by atoms with Gasteiger partial charge < -0.3 is 30.1 Å². The molecule has 34 heavy (non-hydrogen) atoms. The van der Waals surface area contributed by atoms with Crippen LogP contribution in [0.1, 0.15) is 22.3 Å². The van der Waals surface area contributed by atoms with E-state index in [0.717, 1.165) is 38.3 Å². The second kappa shape index (κ2) is 14.8. The predicted molar refractivity (Wildman–Crippen MR) is 131 cm³/mol. The van der Waals surface area contributed by atoms with E-state index in [1.54, 1.807) is 37.4 Å². The summed E-state index contributed by atoms with van der Waals surface area (Å²) in [5.41, 5.74) is 1.23. The van der Waals surface area contributed by atoms with Crippen LogP contribution in [0.2, 0.25) is 10.0 Å². The normalized spacial score (nSPS) is 15.7. The second-order valence-corrected chi connectivity index (χ2v) is 8.78. The van der Waals surface area contributed by atoms with Crippen molar-refractivity contribution in [3.8, 4) is 11.5 Å². The first-order chi connectivity index (χ1) is 15.9. The summed E-state index contributed by atoms with van der Waals surface area (Å²) >= 11 is 12.2. The zero-order valence-electron chi connectivity index (χ0n) is 19.5. The summed E-state index contributed by atoms with van der Waals surface area (Å²) in [6.07, 6.45) is 0.162. The number of hydrogen-bond acceptors (Lipinski definition) is 5. The van der Waals surface area contributed by atoms with Crippen LogP contribution >= 0.6 is 23.2 Å². The summed E-state index contributed by atoms with van der Waals surface area (Å²) in [4.78, 5) is 15.4. The predicted octanol–water partition coefficient (Wildman–Crippen LogP) is 3.79. The number of benzene rings is 2. The molecule has 183 valence electrons. The Balaban J connectivity index is 0.00000408. The zero-order chi connectivity index (χ0) is 23.8. The van der Waals surface area contributed by atoms with Gasteiger partial charge in [-0.1, -0.05) is 29.3 Å². The number of hydrogen-bond donors (Lipinski definition) is 2. The smallest absolute Gasteiger partial charge is 0.255 e. The van der Waals surface area contributed by atoms with Gasteiger partial charge in [0.25, 0.3) is 5.91 Å². The van der Waals surface area contributed by atoms with Gasteiger partial charge in [-0.25, -0.2) is 0 Å². The van der Waals surface area contributed by atoms with Crippen LogP contribution in [0.15, 0.2) is 36.4 Å². The molecule has 7 nitrogen and oxygen atoms in total. The number of ether oxygens (including phenoxy) is 2. The summed E-state index contributed by atoms with van der Waals surface area (Å²) in [5.74, 6) is 0.645. The van der Waals surface area contributed by atoms with Crippen molar-refractivity contribution in [1.82, 2.24) is 10.2 Å². The maximum atomic E-state index is 13.1. The molecule has 1 saturated heterocycles. The number of piperazine rings is 1. The van der Waals surface area contributed by atoms with E-state index in [4.69, 9.17) is 32.7 Å². The van der Waals surface area contributed by atoms with Crippen molar-refractivity contribution in [3.63, 3.8) is 0 Å². The molecule has 0 aromatic heterocycles. The van der Waals surface area contributed by atoms with Crippen molar-refractivity contribution in [3.05, 3.63) is 62.9 Å². The van der Waals surface area contributed by atoms with Crippen LogP contribution in [0.4, 0.5) is 0 Å². The molecule has 1 amide bonds. The first kappa shape index (κ1) is 29.6. The Morgan fingerprint density at radius 2 is 1.85 bits per heavy atom. The van der Waals surface area contributed by atoms with Gasteiger partial charge in [0.1, 0.15) is 11.5 Å². The Bertz CT molecular complexity index is 944. The molecule has 1 aliphatic heterocycles. The van der Waals surface area contributed by atoms with Crippen molar-refractivity contribution in [1.29, 1.82) is 0 Å². The number of nitrogens with one attached hydrogen (secondary N) is 1. The van der Waals surface area contributed by atoms with Crippen molar-refractivity contribution in [2.75, 3.05) is 46.9 Å². The first-order valence-corrected chi connectivity index (χ1v) is 11.7. The van der Waals surface area contributed by atoms with Crippen LogP contribution in [-0.2, 0) is 6.42 Å². The molecule has 2 aromatic carbocycles. The van der Waals surface area contributed by atoms with E-state index in [1.807, 2.05) is 6.07 Å². The number of carbonyl (C=O) groups excluding carboxylic acids is 1. The second-order valence-electron chi connectivity index (χ2n) is 7.97. The SMILES string of the molecule is COc1ccc(C(=O)NC(Cc2ccc(Cl)c(Cl)c2)C(O)CCN2CC[N-]CC2)c(OC)c1.[Ac]. The minimum absolute atomic E-state index is 0. The quantitative estimate of drug-likeness (QED) is 0.391. The summed E-state index contributed by atoms with van der Waals surface area (Å²) in [6, 6.07) is 9.79. The van der Waals surface area contributed by atoms with Crippen molar-refractivity contribution < 1.29 is 63.4 Å². The Hall–Kier alpha value is -0.588. The molecule has 2 unspecified atom stereocenters. The molecule has 0 aliphatic carbocycles. The van der Waals surface area contributed by atoms with Gasteiger partial charge in [-0.2, -0.15) is 0 Å². The monoisotopic (exact) mass is 721 g/mol. The number of halogens is 2. The van der Waals surface area contributed by atoms with Crippen molar-refractivity contribution in [2.24, 2.45) is 0 Å². The van der Waals surface area contributed by atoms with E-state index < -0.39 is 12.1 Å². The number of carbonyl (C=O) groups is 1. The molecule has 2 atom stereocenters. The number of nitrogens with zero attached hydrogens (tertiary/aromatic N) is 2. The van der Waals surface area contributed by atoms with Crippen LogP contribution in [0.3, 0.4) is 0 Å². The Kier molecular flexibility index (Phi) is 12.9. The van der Waals surface area contributed by atoms with Gasteiger partial charge >= 0.3 is 0 Å². The number of aliphatic hydroxyl groups excluding tert-OH is 1. The van der Waals surface area contributed by atoms with E-state index in [1.165, 1.54) is 7.11 Å². The molecule has 2 aromatic rings. The van der Waals surface area contributed by atoms with Crippen LogP contribution in [-0.4, -0.2) is 75.0 Å². The Morgan fingerprint density at radius 3 is 2.50 bits per heavy atom. The van der Waals surface area contributed by atoms with Crippen LogP contribution in [0.5, 0.6) is 11.5 Å². The Labute approximate surface area is 247 Å². The van der Waals surface area contributed by atoms with Crippen LogP contribution in [0.25, 0.3) is 5.32 Å². The van der Waals surface area contributed by atoms with E-state index in [9.17, 15) is 9.90 Å². The maximum Gasteiger partial charge on any atom is 0.255 e. The van der Waals surface area contributed by atoms with E-state index in [2.05, 4.69) is 15.5 Å². The van der Waals surface area contributed by atoms with Gasteiger partial charge in [-0.05, 0) is 55.8 Å². The fourth-order valence-electron chi connectivity index (χ4n) is 3.82. The Morgan fingerprint density at radius 1 is 1.12 bits per heavy atom. The summed E-state index contributed by atoms with van der Waals surface area (Å²) < 4.78 is 10.6. The minimum Gasteiger partial charge on any atom is -0.660 e. The molecule has 1 heterocycles. The summed E-state index contributed by atoms with van der Waals surface area (Å²) in [5, 5.41) is 19.3. The van der Waals surface area contributed by atoms with E-state index in [-0.39, 0.29) is 50.0 Å². The van der Waals surface area contributed by atoms with Gasteiger partial charge in [0.2, 0.25) is 0 Å². The van der Waals surface area contributed by atoms with E-state index >= 15 is 0 Å². The van der Waals surface area contributed by atoms with Crippen LogP contribution in [0, 0.1) is 44.1 Å². The molecular formula is C24H30AcCl2N3O4-. The third kappa shape index (κ3) is 8.51. The molecule has 1 fully saturated rings. The standard InChI is InChI=1S/C24H30Cl2N3O4.Ac/c1-32-17-4-5-18(23(15-17)33-2)24(31)28-21(14-16-3-6-19(25)20(26)13-16)22(30)7-10-29-11-8-27-9-12-29;/h3-6,13,15,21-22,30H,7-12,14H2,1-2H3,(H,28,31);/q-1;. The van der Waals surface area contributed by atoms with Crippen molar-refractivity contribution >= 4 is 29.1 Å². The number of aliphatic hydroxyl groups is 1. The number of amides is 1. The molecule has 10 heteroatoms. The molecular weight excluding hydrogens is 692 g/mol.